The van der Waals surface area contributed by atoms with E-state index < -0.39 is 17.6 Å². The molecule has 2 atom stereocenters. The van der Waals surface area contributed by atoms with Crippen molar-refractivity contribution in [3.8, 4) is 0 Å². The van der Waals surface area contributed by atoms with Crippen LogP contribution in [0, 0.1) is 0 Å². The first-order valence-corrected chi connectivity index (χ1v) is 5.43. The molecule has 5 heteroatoms. The fourth-order valence-electron chi connectivity index (χ4n) is 2.16. The highest BCUT2D eigenvalue weighted by molar-refractivity contribution is 5.96. The summed E-state index contributed by atoms with van der Waals surface area (Å²) < 4.78 is 5.10. The van der Waals surface area contributed by atoms with Crippen LogP contribution in [0.1, 0.15) is 27.7 Å². The number of nitrogens with one attached hydrogen (secondary N) is 1. The van der Waals surface area contributed by atoms with Gasteiger partial charge in [-0.05, 0) is 27.7 Å². The Kier molecular flexibility index (Phi) is 3.57. The number of ether oxygens (including phenoxy) is 1. The zero-order chi connectivity index (χ0) is 12.5. The first-order valence-electron chi connectivity index (χ1n) is 5.43. The van der Waals surface area contributed by atoms with Gasteiger partial charge in [0, 0.05) is 7.11 Å². The van der Waals surface area contributed by atoms with Gasteiger partial charge in [0.15, 0.2) is 0 Å². The lowest BCUT2D eigenvalue weighted by molar-refractivity contribution is -0.156. The van der Waals surface area contributed by atoms with E-state index >= 15 is 0 Å². The van der Waals surface area contributed by atoms with Crippen molar-refractivity contribution >= 4 is 11.8 Å². The fraction of sp³-hybridized carbons (Fsp3) is 0.818. The molecule has 1 aliphatic heterocycles. The second kappa shape index (κ2) is 4.41. The Bertz CT molecular complexity index is 302. The molecule has 0 aromatic carbocycles. The van der Waals surface area contributed by atoms with E-state index in [1.807, 2.05) is 13.8 Å². The largest absolute Gasteiger partial charge is 0.382 e. The Morgan fingerprint density at radius 3 is 2.44 bits per heavy atom. The summed E-state index contributed by atoms with van der Waals surface area (Å²) in [6.07, 6.45) is 0. The first kappa shape index (κ1) is 13.0. The molecular weight excluding hydrogens is 208 g/mol. The van der Waals surface area contributed by atoms with E-state index in [9.17, 15) is 9.59 Å². The average Bonchev–Trinajstić information content (AvgIpc) is 2.14. The Labute approximate surface area is 96.1 Å². The number of methoxy groups -OCH3 is 1. The number of carbonyl (C=O) groups is 2. The molecule has 1 aliphatic rings. The van der Waals surface area contributed by atoms with Gasteiger partial charge < -0.3 is 15.0 Å². The number of piperazine rings is 1. The smallest absolute Gasteiger partial charge is 0.246 e. The number of hydrogen-bond acceptors (Lipinski definition) is 3. The predicted molar refractivity (Wildman–Crippen MR) is 59.9 cm³/mol. The summed E-state index contributed by atoms with van der Waals surface area (Å²) in [7, 11) is 1.59. The van der Waals surface area contributed by atoms with Crippen molar-refractivity contribution in [1.82, 2.24) is 10.2 Å². The predicted octanol–water partition coefficient (Wildman–Crippen LogP) is 0.147. The van der Waals surface area contributed by atoms with Crippen LogP contribution in [0.15, 0.2) is 0 Å². The van der Waals surface area contributed by atoms with Crippen LogP contribution in [0.5, 0.6) is 0 Å². The van der Waals surface area contributed by atoms with E-state index in [0.29, 0.717) is 6.61 Å². The summed E-state index contributed by atoms with van der Waals surface area (Å²) in [5.74, 6) is -0.176. The van der Waals surface area contributed by atoms with Gasteiger partial charge in [-0.2, -0.15) is 0 Å². The summed E-state index contributed by atoms with van der Waals surface area (Å²) in [4.78, 5) is 25.3. The molecule has 92 valence electrons. The Hall–Kier alpha value is -1.10. The minimum absolute atomic E-state index is 0.0610. The standard InChI is InChI=1S/C11H20N2O3/c1-7-10(15)13(8(2)9(14)12-7)11(3,4)6-16-5/h7-8H,6H2,1-5H3,(H,12,14). The molecule has 1 heterocycles. The minimum atomic E-state index is -0.475. The Morgan fingerprint density at radius 2 is 1.94 bits per heavy atom. The van der Waals surface area contributed by atoms with E-state index in [-0.39, 0.29) is 11.8 Å². The maximum atomic E-state index is 12.1. The van der Waals surface area contributed by atoms with Crippen molar-refractivity contribution in [2.24, 2.45) is 0 Å². The molecule has 16 heavy (non-hydrogen) atoms. The summed E-state index contributed by atoms with van der Waals surface area (Å²) in [6.45, 7) is 7.63. The molecular formula is C11H20N2O3. The second-order valence-electron chi connectivity index (χ2n) is 4.86. The highest BCUT2D eigenvalue weighted by Gasteiger charge is 2.43. The molecule has 0 aromatic heterocycles. The van der Waals surface area contributed by atoms with Crippen LogP contribution >= 0.6 is 0 Å². The average molecular weight is 228 g/mol. The fourth-order valence-corrected chi connectivity index (χ4v) is 2.16. The van der Waals surface area contributed by atoms with Gasteiger partial charge >= 0.3 is 0 Å². The van der Waals surface area contributed by atoms with Crippen LogP contribution in [0.3, 0.4) is 0 Å². The van der Waals surface area contributed by atoms with Crippen molar-refractivity contribution in [2.45, 2.75) is 45.3 Å². The molecule has 0 saturated carbocycles. The third-order valence-electron chi connectivity index (χ3n) is 2.88. The monoisotopic (exact) mass is 228 g/mol. The van der Waals surface area contributed by atoms with Crippen LogP contribution in [-0.4, -0.2) is 48.1 Å². The molecule has 2 amide bonds. The van der Waals surface area contributed by atoms with E-state index in [0.717, 1.165) is 0 Å². The van der Waals surface area contributed by atoms with Crippen molar-refractivity contribution in [3.05, 3.63) is 0 Å². The van der Waals surface area contributed by atoms with Crippen LogP contribution in [-0.2, 0) is 14.3 Å². The van der Waals surface area contributed by atoms with Crippen LogP contribution in [0.4, 0.5) is 0 Å². The lowest BCUT2D eigenvalue weighted by atomic mass is 9.97. The molecule has 0 bridgehead atoms. The lowest BCUT2D eigenvalue weighted by Gasteiger charge is -2.45. The Morgan fingerprint density at radius 1 is 1.38 bits per heavy atom. The molecule has 0 aromatic rings. The maximum Gasteiger partial charge on any atom is 0.246 e. The minimum Gasteiger partial charge on any atom is -0.382 e. The number of rotatable bonds is 3. The van der Waals surface area contributed by atoms with Gasteiger partial charge in [-0.3, -0.25) is 9.59 Å². The van der Waals surface area contributed by atoms with Gasteiger partial charge in [-0.15, -0.1) is 0 Å². The molecule has 1 saturated heterocycles. The summed E-state index contributed by atoms with van der Waals surface area (Å²) in [5.41, 5.74) is -0.475. The zero-order valence-corrected chi connectivity index (χ0v) is 10.5. The number of hydrogen-bond donors (Lipinski definition) is 1. The molecule has 1 rings (SSSR count). The number of carbonyl (C=O) groups excluding carboxylic acids is 2. The third-order valence-corrected chi connectivity index (χ3v) is 2.88. The molecule has 2 unspecified atom stereocenters. The third kappa shape index (κ3) is 2.19. The van der Waals surface area contributed by atoms with Gasteiger partial charge in [0.25, 0.3) is 0 Å². The van der Waals surface area contributed by atoms with E-state index in [2.05, 4.69) is 5.32 Å². The van der Waals surface area contributed by atoms with Crippen molar-refractivity contribution < 1.29 is 14.3 Å². The molecule has 1 fully saturated rings. The van der Waals surface area contributed by atoms with Gasteiger partial charge in [-0.25, -0.2) is 0 Å². The molecule has 5 nitrogen and oxygen atoms in total. The quantitative estimate of drug-likeness (QED) is 0.748. The van der Waals surface area contributed by atoms with Gasteiger partial charge in [0.1, 0.15) is 12.1 Å². The van der Waals surface area contributed by atoms with Gasteiger partial charge in [0.05, 0.1) is 12.1 Å². The second-order valence-corrected chi connectivity index (χ2v) is 4.86. The van der Waals surface area contributed by atoms with Crippen LogP contribution < -0.4 is 5.32 Å². The topological polar surface area (TPSA) is 58.6 Å². The van der Waals surface area contributed by atoms with E-state index in [4.69, 9.17) is 4.74 Å². The SMILES string of the molecule is COCC(C)(C)N1C(=O)C(C)NC(=O)C1C. The molecule has 1 N–H and O–H groups in total. The summed E-state index contributed by atoms with van der Waals surface area (Å²) in [6, 6.07) is -0.909. The molecule has 0 aliphatic carbocycles. The summed E-state index contributed by atoms with van der Waals surface area (Å²) >= 11 is 0. The van der Waals surface area contributed by atoms with Gasteiger partial charge in [-0.1, -0.05) is 0 Å². The Balaban J connectivity index is 2.98. The zero-order valence-electron chi connectivity index (χ0n) is 10.5. The normalized spacial score (nSPS) is 26.9. The van der Waals surface area contributed by atoms with Crippen molar-refractivity contribution in [3.63, 3.8) is 0 Å². The molecule has 0 radical (unpaired) electrons. The number of nitrogens with zero attached hydrogens (tertiary/aromatic N) is 1. The van der Waals surface area contributed by atoms with Gasteiger partial charge in [0.2, 0.25) is 11.8 Å². The lowest BCUT2D eigenvalue weighted by Crippen LogP contribution is -2.67. The van der Waals surface area contributed by atoms with Crippen LogP contribution in [0.25, 0.3) is 0 Å². The van der Waals surface area contributed by atoms with Crippen LogP contribution in [0.2, 0.25) is 0 Å². The molecule has 0 spiro atoms. The summed E-state index contributed by atoms with van der Waals surface area (Å²) in [5, 5.41) is 2.65. The van der Waals surface area contributed by atoms with Crippen molar-refractivity contribution in [1.29, 1.82) is 0 Å². The van der Waals surface area contributed by atoms with Crippen molar-refractivity contribution in [2.75, 3.05) is 13.7 Å². The highest BCUT2D eigenvalue weighted by atomic mass is 16.5. The maximum absolute atomic E-state index is 12.1. The van der Waals surface area contributed by atoms with E-state index in [1.165, 1.54) is 0 Å². The van der Waals surface area contributed by atoms with E-state index in [1.54, 1.807) is 25.9 Å². The highest BCUT2D eigenvalue weighted by Crippen LogP contribution is 2.22. The first-order chi connectivity index (χ1) is 7.31. The number of amides is 2.